The van der Waals surface area contributed by atoms with Crippen molar-refractivity contribution in [2.24, 2.45) is 0 Å². The van der Waals surface area contributed by atoms with Crippen molar-refractivity contribution in [1.82, 2.24) is 25.1 Å². The second-order valence-corrected chi connectivity index (χ2v) is 6.48. The number of rotatable bonds is 2. The van der Waals surface area contributed by atoms with Crippen molar-refractivity contribution < 1.29 is 0 Å². The molecule has 4 rings (SSSR count). The molecule has 1 atom stereocenters. The maximum absolute atomic E-state index is 4.75. The molecule has 0 aliphatic carbocycles. The number of benzene rings is 1. The zero-order valence-electron chi connectivity index (χ0n) is 12.0. The van der Waals surface area contributed by atoms with Gasteiger partial charge in [-0.25, -0.2) is 0 Å². The third-order valence-electron chi connectivity index (χ3n) is 4.03. The van der Waals surface area contributed by atoms with Crippen molar-refractivity contribution in [1.29, 1.82) is 0 Å². The van der Waals surface area contributed by atoms with Crippen LogP contribution in [0.15, 0.2) is 40.9 Å². The Balaban J connectivity index is 1.79. The van der Waals surface area contributed by atoms with Crippen molar-refractivity contribution >= 4 is 21.6 Å². The molecule has 0 radical (unpaired) electrons. The minimum Gasteiger partial charge on any atom is -0.307 e. The Morgan fingerprint density at radius 2 is 2.09 bits per heavy atom. The maximum Gasteiger partial charge on any atom is 0.178 e. The van der Waals surface area contributed by atoms with Crippen molar-refractivity contribution in [2.75, 3.05) is 6.54 Å². The van der Waals surface area contributed by atoms with E-state index in [-0.39, 0.29) is 6.04 Å². The first kappa shape index (κ1) is 13.8. The van der Waals surface area contributed by atoms with E-state index in [4.69, 9.17) is 5.10 Å². The van der Waals surface area contributed by atoms with Crippen LogP contribution in [0, 0.1) is 0 Å². The smallest absolute Gasteiger partial charge is 0.178 e. The van der Waals surface area contributed by atoms with Crippen LogP contribution in [0.4, 0.5) is 0 Å². The molecule has 1 aromatic carbocycles. The summed E-state index contributed by atoms with van der Waals surface area (Å²) in [6.07, 6.45) is 3.53. The van der Waals surface area contributed by atoms with Gasteiger partial charge in [-0.3, -0.25) is 0 Å². The Morgan fingerprint density at radius 1 is 1.14 bits per heavy atom. The van der Waals surface area contributed by atoms with Gasteiger partial charge in [0, 0.05) is 10.0 Å². The van der Waals surface area contributed by atoms with Gasteiger partial charge in [0.1, 0.15) is 0 Å². The summed E-state index contributed by atoms with van der Waals surface area (Å²) in [6.45, 7) is 1.03. The summed E-state index contributed by atoms with van der Waals surface area (Å²) in [7, 11) is 0. The third-order valence-corrected chi connectivity index (χ3v) is 4.52. The fourth-order valence-electron chi connectivity index (χ4n) is 2.90. The summed E-state index contributed by atoms with van der Waals surface area (Å²) >= 11 is 3.51. The van der Waals surface area contributed by atoms with Crippen molar-refractivity contribution in [3.8, 4) is 11.3 Å². The van der Waals surface area contributed by atoms with Crippen LogP contribution in [-0.2, 0) is 0 Å². The molecule has 1 N–H and O–H groups in total. The number of nitrogens with one attached hydrogen (secondary N) is 1. The monoisotopic (exact) mass is 357 g/mol. The van der Waals surface area contributed by atoms with Gasteiger partial charge in [-0.05, 0) is 43.7 Å². The number of nitrogens with zero attached hydrogens (tertiary/aromatic N) is 4. The SMILES string of the molecule is Brc1cccc(-c2ccc3nnc(C4CCCCN4)n3n2)c1. The van der Waals surface area contributed by atoms with Crippen LogP contribution in [0.5, 0.6) is 0 Å². The van der Waals surface area contributed by atoms with Crippen LogP contribution in [0.3, 0.4) is 0 Å². The summed E-state index contributed by atoms with van der Waals surface area (Å²) in [5.41, 5.74) is 2.79. The van der Waals surface area contributed by atoms with E-state index in [1.165, 1.54) is 12.8 Å². The molecule has 0 spiro atoms. The number of piperidine rings is 1. The highest BCUT2D eigenvalue weighted by molar-refractivity contribution is 9.10. The molecule has 1 unspecified atom stereocenters. The van der Waals surface area contributed by atoms with E-state index in [1.54, 1.807) is 0 Å². The molecule has 1 aliphatic heterocycles. The van der Waals surface area contributed by atoms with Gasteiger partial charge in [-0.1, -0.05) is 34.5 Å². The minimum absolute atomic E-state index is 0.244. The number of hydrogen-bond acceptors (Lipinski definition) is 4. The molecule has 5 nitrogen and oxygen atoms in total. The zero-order valence-corrected chi connectivity index (χ0v) is 13.6. The summed E-state index contributed by atoms with van der Waals surface area (Å²) < 4.78 is 2.92. The van der Waals surface area contributed by atoms with E-state index < -0.39 is 0 Å². The Bertz CT molecular complexity index is 807. The summed E-state index contributed by atoms with van der Waals surface area (Å²) in [4.78, 5) is 0. The molecule has 0 bridgehead atoms. The van der Waals surface area contributed by atoms with Gasteiger partial charge in [0.05, 0.1) is 11.7 Å². The van der Waals surface area contributed by atoms with Crippen LogP contribution >= 0.6 is 15.9 Å². The maximum atomic E-state index is 4.75. The second-order valence-electron chi connectivity index (χ2n) is 5.56. The molecule has 112 valence electrons. The summed E-state index contributed by atoms with van der Waals surface area (Å²) in [6, 6.07) is 12.4. The molecular weight excluding hydrogens is 342 g/mol. The topological polar surface area (TPSA) is 55.1 Å². The van der Waals surface area contributed by atoms with Crippen LogP contribution in [0.2, 0.25) is 0 Å². The van der Waals surface area contributed by atoms with Crippen molar-refractivity contribution in [3.05, 3.63) is 46.7 Å². The molecule has 22 heavy (non-hydrogen) atoms. The quantitative estimate of drug-likeness (QED) is 0.763. The third kappa shape index (κ3) is 2.53. The van der Waals surface area contributed by atoms with Crippen molar-refractivity contribution in [3.63, 3.8) is 0 Å². The highest BCUT2D eigenvalue weighted by Gasteiger charge is 2.21. The second kappa shape index (κ2) is 5.78. The van der Waals surface area contributed by atoms with Crippen LogP contribution in [0.25, 0.3) is 16.9 Å². The largest absolute Gasteiger partial charge is 0.307 e. The van der Waals surface area contributed by atoms with Gasteiger partial charge in [0.2, 0.25) is 0 Å². The van der Waals surface area contributed by atoms with Gasteiger partial charge in [-0.2, -0.15) is 9.61 Å². The Hall–Kier alpha value is -1.79. The molecule has 3 heterocycles. The van der Waals surface area contributed by atoms with E-state index in [0.29, 0.717) is 0 Å². The lowest BCUT2D eigenvalue weighted by Gasteiger charge is -2.21. The van der Waals surface area contributed by atoms with Crippen LogP contribution in [0.1, 0.15) is 31.1 Å². The summed E-state index contributed by atoms with van der Waals surface area (Å²) in [5.74, 6) is 0.909. The number of aromatic nitrogens is 4. The molecule has 3 aromatic rings. The predicted molar refractivity (Wildman–Crippen MR) is 88.5 cm³/mol. The molecule has 1 fully saturated rings. The molecule has 0 saturated carbocycles. The summed E-state index contributed by atoms with van der Waals surface area (Å²) in [5, 5.41) is 16.9. The molecule has 1 aliphatic rings. The standard InChI is InChI=1S/C16H16BrN5/c17-12-5-3-4-11(10-12)13-7-8-15-19-20-16(22(15)21-13)14-6-1-2-9-18-14/h3-5,7-8,10,14,18H,1-2,6,9H2. The first-order valence-electron chi connectivity index (χ1n) is 7.53. The Morgan fingerprint density at radius 3 is 2.91 bits per heavy atom. The van der Waals surface area contributed by atoms with Gasteiger partial charge in [0.25, 0.3) is 0 Å². The van der Waals surface area contributed by atoms with E-state index in [2.05, 4.69) is 43.6 Å². The van der Waals surface area contributed by atoms with Crippen LogP contribution in [-0.4, -0.2) is 26.4 Å². The fourth-order valence-corrected chi connectivity index (χ4v) is 3.30. The fraction of sp³-hybridized carbons (Fsp3) is 0.312. The molecule has 2 aromatic heterocycles. The van der Waals surface area contributed by atoms with Gasteiger partial charge >= 0.3 is 0 Å². The lowest BCUT2D eigenvalue weighted by atomic mass is 10.0. The normalized spacial score (nSPS) is 18.7. The average molecular weight is 358 g/mol. The Labute approximate surface area is 136 Å². The Kier molecular flexibility index (Phi) is 3.63. The van der Waals surface area contributed by atoms with Crippen LogP contribution < -0.4 is 5.32 Å². The highest BCUT2D eigenvalue weighted by Crippen LogP contribution is 2.24. The lowest BCUT2D eigenvalue weighted by Crippen LogP contribution is -2.28. The molecule has 0 amide bonds. The first-order valence-corrected chi connectivity index (χ1v) is 8.32. The minimum atomic E-state index is 0.244. The van der Waals surface area contributed by atoms with E-state index in [0.717, 1.165) is 40.2 Å². The van der Waals surface area contributed by atoms with Gasteiger partial charge in [-0.15, -0.1) is 10.2 Å². The average Bonchev–Trinajstić information content (AvgIpc) is 2.99. The number of halogens is 1. The predicted octanol–water partition coefficient (Wildman–Crippen LogP) is 3.37. The van der Waals surface area contributed by atoms with E-state index in [9.17, 15) is 0 Å². The van der Waals surface area contributed by atoms with E-state index >= 15 is 0 Å². The molecule has 1 saturated heterocycles. The van der Waals surface area contributed by atoms with Gasteiger partial charge in [0.15, 0.2) is 11.5 Å². The molecule has 6 heteroatoms. The zero-order chi connectivity index (χ0) is 14.9. The number of hydrogen-bond donors (Lipinski definition) is 1. The van der Waals surface area contributed by atoms with Crippen molar-refractivity contribution in [2.45, 2.75) is 25.3 Å². The lowest BCUT2D eigenvalue weighted by molar-refractivity contribution is 0.392. The highest BCUT2D eigenvalue weighted by atomic mass is 79.9. The molecular formula is C16H16BrN5. The van der Waals surface area contributed by atoms with Gasteiger partial charge < -0.3 is 5.32 Å². The first-order chi connectivity index (χ1) is 10.8. The van der Waals surface area contributed by atoms with E-state index in [1.807, 2.05) is 28.8 Å². The number of fused-ring (bicyclic) bond motifs is 1.